The Labute approximate surface area is 165 Å². The highest BCUT2D eigenvalue weighted by atomic mass is 35.5. The number of carbonyl (C=O) groups is 2. The van der Waals surface area contributed by atoms with Gasteiger partial charge in [-0.25, -0.2) is 9.18 Å². The molecule has 0 atom stereocenters. The summed E-state index contributed by atoms with van der Waals surface area (Å²) in [7, 11) is 1.53. The largest absolute Gasteiger partial charge is 0.497 e. The van der Waals surface area contributed by atoms with Crippen LogP contribution in [0.2, 0.25) is 5.02 Å². The highest BCUT2D eigenvalue weighted by molar-refractivity contribution is 6.34. The quantitative estimate of drug-likeness (QED) is 0.625. The summed E-state index contributed by atoms with van der Waals surface area (Å²) < 4.78 is 19.8. The summed E-state index contributed by atoms with van der Waals surface area (Å²) in [5, 5.41) is 11.5. The SMILES string of the molecule is COc1cccc(-c2cc(F)c(NC(=O)c3ccccc3C(=O)O)c(Cl)c2)c1. The first-order chi connectivity index (χ1) is 13.4. The molecule has 0 aliphatic carbocycles. The van der Waals surface area contributed by atoms with Gasteiger partial charge < -0.3 is 15.2 Å². The molecule has 28 heavy (non-hydrogen) atoms. The van der Waals surface area contributed by atoms with Gasteiger partial charge in [0.25, 0.3) is 5.91 Å². The number of carboxylic acid groups (broad SMARTS) is 1. The van der Waals surface area contributed by atoms with E-state index < -0.39 is 17.7 Å². The van der Waals surface area contributed by atoms with Gasteiger partial charge >= 0.3 is 5.97 Å². The Hall–Kier alpha value is -3.38. The number of hydrogen-bond donors (Lipinski definition) is 2. The Morgan fingerprint density at radius 3 is 2.36 bits per heavy atom. The molecular weight excluding hydrogens is 385 g/mol. The summed E-state index contributed by atoms with van der Waals surface area (Å²) in [4.78, 5) is 23.7. The van der Waals surface area contributed by atoms with E-state index in [9.17, 15) is 19.1 Å². The summed E-state index contributed by atoms with van der Waals surface area (Å²) in [5.41, 5.74) is 0.685. The number of benzene rings is 3. The summed E-state index contributed by atoms with van der Waals surface area (Å²) in [6, 6.07) is 15.4. The van der Waals surface area contributed by atoms with Gasteiger partial charge in [-0.15, -0.1) is 0 Å². The first kappa shape index (κ1) is 19.4. The van der Waals surface area contributed by atoms with E-state index in [0.717, 1.165) is 0 Å². The number of aromatic carboxylic acids is 1. The number of rotatable bonds is 5. The van der Waals surface area contributed by atoms with Gasteiger partial charge in [0.05, 0.1) is 28.9 Å². The highest BCUT2D eigenvalue weighted by Crippen LogP contribution is 2.33. The Morgan fingerprint density at radius 2 is 1.71 bits per heavy atom. The molecule has 0 spiro atoms. The molecule has 1 amide bonds. The molecule has 0 radical (unpaired) electrons. The van der Waals surface area contributed by atoms with Crippen LogP contribution >= 0.6 is 11.6 Å². The summed E-state index contributed by atoms with van der Waals surface area (Å²) in [6.45, 7) is 0. The Morgan fingerprint density at radius 1 is 1.00 bits per heavy atom. The number of amides is 1. The molecule has 0 saturated heterocycles. The molecule has 3 aromatic rings. The third-order valence-corrected chi connectivity index (χ3v) is 4.38. The van der Waals surface area contributed by atoms with E-state index in [1.807, 2.05) is 0 Å². The molecule has 7 heteroatoms. The van der Waals surface area contributed by atoms with E-state index in [1.165, 1.54) is 43.5 Å². The van der Waals surface area contributed by atoms with Crippen LogP contribution in [0.1, 0.15) is 20.7 Å². The predicted molar refractivity (Wildman–Crippen MR) is 105 cm³/mol. The van der Waals surface area contributed by atoms with E-state index in [0.29, 0.717) is 16.9 Å². The summed E-state index contributed by atoms with van der Waals surface area (Å²) in [5.74, 6) is -2.17. The van der Waals surface area contributed by atoms with Gasteiger partial charge in [0.15, 0.2) is 0 Å². The fourth-order valence-electron chi connectivity index (χ4n) is 2.71. The number of anilines is 1. The maximum atomic E-state index is 14.7. The van der Waals surface area contributed by atoms with Crippen LogP contribution in [0.15, 0.2) is 60.7 Å². The van der Waals surface area contributed by atoms with Crippen LogP contribution in [0.4, 0.5) is 10.1 Å². The number of nitrogens with one attached hydrogen (secondary N) is 1. The standard InChI is InChI=1S/C21H15ClFNO4/c1-28-14-6-4-5-12(9-14)13-10-17(22)19(18(23)11-13)24-20(25)15-7-2-3-8-16(15)21(26)27/h2-11H,1H3,(H,24,25)(H,26,27). The lowest BCUT2D eigenvalue weighted by molar-refractivity contribution is 0.0692. The lowest BCUT2D eigenvalue weighted by atomic mass is 10.0. The molecule has 0 aliphatic rings. The second-order valence-electron chi connectivity index (χ2n) is 5.85. The first-order valence-corrected chi connectivity index (χ1v) is 8.55. The summed E-state index contributed by atoms with van der Waals surface area (Å²) >= 11 is 6.19. The topological polar surface area (TPSA) is 75.6 Å². The van der Waals surface area contributed by atoms with Crippen molar-refractivity contribution in [2.75, 3.05) is 12.4 Å². The van der Waals surface area contributed by atoms with E-state index in [4.69, 9.17) is 16.3 Å². The second-order valence-corrected chi connectivity index (χ2v) is 6.26. The van der Waals surface area contributed by atoms with Crippen molar-refractivity contribution in [3.8, 4) is 16.9 Å². The average Bonchev–Trinajstić information content (AvgIpc) is 2.70. The van der Waals surface area contributed by atoms with E-state index >= 15 is 0 Å². The zero-order valence-corrected chi connectivity index (χ0v) is 15.5. The molecule has 3 rings (SSSR count). The van der Waals surface area contributed by atoms with E-state index in [-0.39, 0.29) is 21.8 Å². The number of ether oxygens (including phenoxy) is 1. The van der Waals surface area contributed by atoms with E-state index in [1.54, 1.807) is 24.3 Å². The lowest BCUT2D eigenvalue weighted by Gasteiger charge is -2.12. The summed E-state index contributed by atoms with van der Waals surface area (Å²) in [6.07, 6.45) is 0. The lowest BCUT2D eigenvalue weighted by Crippen LogP contribution is -2.17. The number of carboxylic acids is 1. The highest BCUT2D eigenvalue weighted by Gasteiger charge is 2.19. The van der Waals surface area contributed by atoms with Gasteiger partial charge in [0.2, 0.25) is 0 Å². The molecular formula is C21H15ClFNO4. The minimum Gasteiger partial charge on any atom is -0.497 e. The van der Waals surface area contributed by atoms with Crippen molar-refractivity contribution < 1.29 is 23.8 Å². The Balaban J connectivity index is 1.94. The number of hydrogen-bond acceptors (Lipinski definition) is 3. The molecule has 0 aromatic heterocycles. The Bertz CT molecular complexity index is 1040. The van der Waals surface area contributed by atoms with Crippen LogP contribution in [0.25, 0.3) is 11.1 Å². The zero-order valence-electron chi connectivity index (χ0n) is 14.7. The van der Waals surface area contributed by atoms with Crippen molar-refractivity contribution in [2.24, 2.45) is 0 Å². The maximum absolute atomic E-state index is 14.7. The minimum atomic E-state index is -1.26. The van der Waals surface area contributed by atoms with Crippen molar-refractivity contribution in [1.82, 2.24) is 0 Å². The maximum Gasteiger partial charge on any atom is 0.336 e. The molecule has 5 nitrogen and oxygen atoms in total. The van der Waals surface area contributed by atoms with E-state index in [2.05, 4.69) is 5.32 Å². The molecule has 0 bridgehead atoms. The molecule has 0 unspecified atom stereocenters. The van der Waals surface area contributed by atoms with Crippen molar-refractivity contribution in [3.05, 3.63) is 82.6 Å². The monoisotopic (exact) mass is 399 g/mol. The van der Waals surface area contributed by atoms with Crippen molar-refractivity contribution in [3.63, 3.8) is 0 Å². The molecule has 0 heterocycles. The Kier molecular flexibility index (Phi) is 5.61. The smallest absolute Gasteiger partial charge is 0.336 e. The molecule has 142 valence electrons. The van der Waals surface area contributed by atoms with Gasteiger partial charge in [-0.2, -0.15) is 0 Å². The third kappa shape index (κ3) is 3.97. The normalized spacial score (nSPS) is 10.4. The fraction of sp³-hybridized carbons (Fsp3) is 0.0476. The predicted octanol–water partition coefficient (Wildman–Crippen LogP) is 5.11. The molecule has 0 fully saturated rings. The van der Waals surface area contributed by atoms with Gasteiger partial charge in [-0.1, -0.05) is 35.9 Å². The van der Waals surface area contributed by atoms with Gasteiger partial charge in [-0.05, 0) is 47.5 Å². The van der Waals surface area contributed by atoms with Crippen molar-refractivity contribution >= 4 is 29.2 Å². The van der Waals surface area contributed by atoms with Gasteiger partial charge in [-0.3, -0.25) is 4.79 Å². The van der Waals surface area contributed by atoms with Gasteiger partial charge in [0.1, 0.15) is 11.6 Å². The fourth-order valence-corrected chi connectivity index (χ4v) is 2.97. The molecule has 2 N–H and O–H groups in total. The second kappa shape index (κ2) is 8.10. The first-order valence-electron chi connectivity index (χ1n) is 8.18. The van der Waals surface area contributed by atoms with Crippen LogP contribution in [0, 0.1) is 5.82 Å². The minimum absolute atomic E-state index is 0.0148. The number of methoxy groups -OCH3 is 1. The van der Waals surface area contributed by atoms with Crippen LogP contribution in [0.3, 0.4) is 0 Å². The van der Waals surface area contributed by atoms with Crippen LogP contribution < -0.4 is 10.1 Å². The molecule has 0 aliphatic heterocycles. The molecule has 0 saturated carbocycles. The van der Waals surface area contributed by atoms with Crippen molar-refractivity contribution in [2.45, 2.75) is 0 Å². The van der Waals surface area contributed by atoms with Crippen LogP contribution in [-0.4, -0.2) is 24.1 Å². The van der Waals surface area contributed by atoms with Gasteiger partial charge in [0, 0.05) is 0 Å². The number of halogens is 2. The molecule has 3 aromatic carbocycles. The van der Waals surface area contributed by atoms with Crippen molar-refractivity contribution in [1.29, 1.82) is 0 Å². The van der Waals surface area contributed by atoms with Crippen LogP contribution in [0.5, 0.6) is 5.75 Å². The van der Waals surface area contributed by atoms with Crippen LogP contribution in [-0.2, 0) is 0 Å². The average molecular weight is 400 g/mol. The zero-order chi connectivity index (χ0) is 20.3. The number of carbonyl (C=O) groups excluding carboxylic acids is 1. The third-order valence-electron chi connectivity index (χ3n) is 4.09.